The molecule has 0 aromatic carbocycles. The number of aliphatic hydroxyl groups excluding tert-OH is 1. The largest absolute Gasteiger partial charge is 0.391 e. The molecule has 1 aliphatic heterocycles. The molecule has 2 aromatic heterocycles. The summed E-state index contributed by atoms with van der Waals surface area (Å²) in [5, 5.41) is 20.2. The van der Waals surface area contributed by atoms with Crippen LogP contribution in [0.2, 0.25) is 0 Å². The van der Waals surface area contributed by atoms with Gasteiger partial charge in [0, 0.05) is 6.42 Å². The number of imidazole rings is 1. The monoisotopic (exact) mass is 295 g/mol. The predicted octanol–water partition coefficient (Wildman–Crippen LogP) is -0.879. The van der Waals surface area contributed by atoms with Crippen molar-refractivity contribution in [3.8, 4) is 0 Å². The molecule has 5 N–H and O–H groups in total. The van der Waals surface area contributed by atoms with E-state index in [1.54, 1.807) is 13.8 Å². The van der Waals surface area contributed by atoms with Crippen LogP contribution in [0, 0.1) is 0 Å². The molecule has 4 unspecified atom stereocenters. The molecule has 0 aliphatic carbocycles. The fourth-order valence-electron chi connectivity index (χ4n) is 2.63. The molecular weight excluding hydrogens is 278 g/mol. The summed E-state index contributed by atoms with van der Waals surface area (Å²) in [5.41, 5.74) is 4.20. The SMILES string of the molecule is CC(O)C1CC(C)(O)C(n2cnc3c(=O)[nH]c(N)nc32)O1. The molecule has 0 radical (unpaired) electrons. The number of aliphatic hydroxyl groups is 2. The van der Waals surface area contributed by atoms with Gasteiger partial charge in [0.2, 0.25) is 5.95 Å². The van der Waals surface area contributed by atoms with Crippen molar-refractivity contribution >= 4 is 17.1 Å². The van der Waals surface area contributed by atoms with Gasteiger partial charge in [0.15, 0.2) is 17.4 Å². The van der Waals surface area contributed by atoms with Crippen molar-refractivity contribution in [1.82, 2.24) is 19.5 Å². The number of nitrogens with two attached hydrogens (primary N) is 1. The first-order valence-electron chi connectivity index (χ1n) is 6.58. The average molecular weight is 295 g/mol. The summed E-state index contributed by atoms with van der Waals surface area (Å²) >= 11 is 0. The molecule has 9 heteroatoms. The summed E-state index contributed by atoms with van der Waals surface area (Å²) in [6, 6.07) is 0. The van der Waals surface area contributed by atoms with Gasteiger partial charge in [0.1, 0.15) is 5.60 Å². The third-order valence-electron chi connectivity index (χ3n) is 3.69. The fraction of sp³-hybridized carbons (Fsp3) is 0.583. The molecule has 1 aliphatic rings. The van der Waals surface area contributed by atoms with Gasteiger partial charge in [-0.3, -0.25) is 14.3 Å². The Kier molecular flexibility index (Phi) is 3.01. The van der Waals surface area contributed by atoms with E-state index in [0.29, 0.717) is 0 Å². The van der Waals surface area contributed by atoms with Gasteiger partial charge in [0.25, 0.3) is 5.56 Å². The minimum absolute atomic E-state index is 0.0426. The third-order valence-corrected chi connectivity index (χ3v) is 3.69. The highest BCUT2D eigenvalue weighted by molar-refractivity contribution is 5.70. The number of aromatic amines is 1. The molecular formula is C12H17N5O4. The maximum atomic E-state index is 11.8. The molecule has 1 fully saturated rings. The van der Waals surface area contributed by atoms with Crippen LogP contribution in [0.15, 0.2) is 11.1 Å². The lowest BCUT2D eigenvalue weighted by molar-refractivity contribution is -0.0963. The standard InChI is InChI=1S/C12H17N5O4/c1-5(18)6-3-12(2,20)10(21-6)17-4-14-7-8(17)15-11(13)16-9(7)19/h4-6,10,18,20H,3H2,1-2H3,(H3,13,15,16,19). The van der Waals surface area contributed by atoms with E-state index >= 15 is 0 Å². The minimum Gasteiger partial charge on any atom is -0.391 e. The van der Waals surface area contributed by atoms with Gasteiger partial charge < -0.3 is 20.7 Å². The quantitative estimate of drug-likeness (QED) is 0.564. The number of H-pyrrole nitrogens is 1. The first-order valence-corrected chi connectivity index (χ1v) is 6.58. The molecule has 3 heterocycles. The van der Waals surface area contributed by atoms with Gasteiger partial charge >= 0.3 is 0 Å². The summed E-state index contributed by atoms with van der Waals surface area (Å²) in [6.45, 7) is 3.19. The average Bonchev–Trinajstić information content (AvgIpc) is 2.89. The van der Waals surface area contributed by atoms with Crippen molar-refractivity contribution in [3.63, 3.8) is 0 Å². The molecule has 0 amide bonds. The van der Waals surface area contributed by atoms with E-state index in [1.165, 1.54) is 10.9 Å². The smallest absolute Gasteiger partial charge is 0.280 e. The van der Waals surface area contributed by atoms with E-state index < -0.39 is 29.6 Å². The van der Waals surface area contributed by atoms with Gasteiger partial charge in [-0.25, -0.2) is 4.98 Å². The molecule has 114 valence electrons. The fourth-order valence-corrected chi connectivity index (χ4v) is 2.63. The van der Waals surface area contributed by atoms with Gasteiger partial charge in [-0.2, -0.15) is 4.98 Å². The number of rotatable bonds is 2. The van der Waals surface area contributed by atoms with Gasteiger partial charge in [-0.1, -0.05) is 0 Å². The zero-order valence-electron chi connectivity index (χ0n) is 11.6. The van der Waals surface area contributed by atoms with Gasteiger partial charge in [-0.15, -0.1) is 0 Å². The Hall–Kier alpha value is -1.97. The molecule has 0 spiro atoms. The number of fused-ring (bicyclic) bond motifs is 1. The van der Waals surface area contributed by atoms with E-state index in [4.69, 9.17) is 10.5 Å². The Morgan fingerprint density at radius 1 is 1.67 bits per heavy atom. The second-order valence-corrected chi connectivity index (χ2v) is 5.60. The Labute approximate surface area is 119 Å². The normalized spacial score (nSPS) is 30.9. The van der Waals surface area contributed by atoms with Crippen molar-refractivity contribution in [2.24, 2.45) is 0 Å². The van der Waals surface area contributed by atoms with E-state index in [2.05, 4.69) is 15.0 Å². The number of ether oxygens (including phenoxy) is 1. The highest BCUT2D eigenvalue weighted by Gasteiger charge is 2.47. The maximum absolute atomic E-state index is 11.8. The number of hydrogen-bond acceptors (Lipinski definition) is 7. The first kappa shape index (κ1) is 14.0. The Balaban J connectivity index is 2.10. The van der Waals surface area contributed by atoms with Crippen LogP contribution in [-0.2, 0) is 4.74 Å². The summed E-state index contributed by atoms with van der Waals surface area (Å²) < 4.78 is 7.16. The second kappa shape index (κ2) is 4.52. The molecule has 2 aromatic rings. The summed E-state index contributed by atoms with van der Waals surface area (Å²) in [6.07, 6.45) is -0.417. The molecule has 4 atom stereocenters. The van der Waals surface area contributed by atoms with Crippen LogP contribution in [0.4, 0.5) is 5.95 Å². The lowest BCUT2D eigenvalue weighted by Crippen LogP contribution is -2.32. The van der Waals surface area contributed by atoms with Crippen LogP contribution in [0.1, 0.15) is 26.5 Å². The van der Waals surface area contributed by atoms with E-state index in [0.717, 1.165) is 0 Å². The van der Waals surface area contributed by atoms with Gasteiger partial charge in [-0.05, 0) is 13.8 Å². The van der Waals surface area contributed by atoms with Crippen LogP contribution < -0.4 is 11.3 Å². The Morgan fingerprint density at radius 2 is 2.38 bits per heavy atom. The molecule has 21 heavy (non-hydrogen) atoms. The minimum atomic E-state index is -1.23. The number of nitrogens with zero attached hydrogens (tertiary/aromatic N) is 3. The second-order valence-electron chi connectivity index (χ2n) is 5.60. The van der Waals surface area contributed by atoms with Crippen molar-refractivity contribution in [3.05, 3.63) is 16.7 Å². The zero-order valence-corrected chi connectivity index (χ0v) is 11.6. The number of nitrogen functional groups attached to an aromatic ring is 1. The number of nitrogens with one attached hydrogen (secondary N) is 1. The highest BCUT2D eigenvalue weighted by atomic mass is 16.5. The maximum Gasteiger partial charge on any atom is 0.280 e. The number of hydrogen-bond donors (Lipinski definition) is 4. The van der Waals surface area contributed by atoms with E-state index in [-0.39, 0.29) is 23.5 Å². The number of aromatic nitrogens is 4. The molecule has 3 rings (SSSR count). The highest BCUT2D eigenvalue weighted by Crippen LogP contribution is 2.39. The lowest BCUT2D eigenvalue weighted by atomic mass is 9.98. The van der Waals surface area contributed by atoms with E-state index in [9.17, 15) is 15.0 Å². The van der Waals surface area contributed by atoms with Crippen molar-refractivity contribution < 1.29 is 14.9 Å². The zero-order chi connectivity index (χ0) is 15.4. The van der Waals surface area contributed by atoms with Crippen molar-refractivity contribution in [1.29, 1.82) is 0 Å². The van der Waals surface area contributed by atoms with E-state index in [1.807, 2.05) is 0 Å². The van der Waals surface area contributed by atoms with Crippen LogP contribution in [0.25, 0.3) is 11.2 Å². The summed E-state index contributed by atoms with van der Waals surface area (Å²) in [7, 11) is 0. The predicted molar refractivity (Wildman–Crippen MR) is 73.4 cm³/mol. The van der Waals surface area contributed by atoms with Crippen LogP contribution in [0.3, 0.4) is 0 Å². The van der Waals surface area contributed by atoms with Crippen molar-refractivity contribution in [2.45, 2.75) is 44.3 Å². The first-order chi connectivity index (χ1) is 9.79. The lowest BCUT2D eigenvalue weighted by Gasteiger charge is -2.24. The molecule has 0 bridgehead atoms. The molecule has 9 nitrogen and oxygen atoms in total. The topological polar surface area (TPSA) is 139 Å². The molecule has 0 saturated carbocycles. The van der Waals surface area contributed by atoms with Crippen LogP contribution in [0.5, 0.6) is 0 Å². The third kappa shape index (κ3) is 2.19. The van der Waals surface area contributed by atoms with Crippen LogP contribution in [-0.4, -0.2) is 47.5 Å². The van der Waals surface area contributed by atoms with Crippen molar-refractivity contribution in [2.75, 3.05) is 5.73 Å². The molecule has 1 saturated heterocycles. The summed E-state index contributed by atoms with van der Waals surface area (Å²) in [4.78, 5) is 22.2. The Bertz CT molecular complexity index is 735. The Morgan fingerprint density at radius 3 is 3.00 bits per heavy atom. The number of anilines is 1. The summed E-state index contributed by atoms with van der Waals surface area (Å²) in [5.74, 6) is -0.0426. The van der Waals surface area contributed by atoms with Gasteiger partial charge in [0.05, 0.1) is 18.5 Å². The van der Waals surface area contributed by atoms with Crippen LogP contribution >= 0.6 is 0 Å².